The molecule has 1 aliphatic rings. The number of rotatable bonds is 5. The molecule has 6 nitrogen and oxygen atoms in total. The van der Waals surface area contributed by atoms with E-state index < -0.39 is 63.6 Å². The molecule has 0 spiro atoms. The van der Waals surface area contributed by atoms with Gasteiger partial charge in [-0.3, -0.25) is 4.72 Å². The third kappa shape index (κ3) is 5.31. The molecule has 4 rings (SSSR count). The minimum atomic E-state index is -6.30. The van der Waals surface area contributed by atoms with Crippen molar-refractivity contribution in [2.75, 3.05) is 4.72 Å². The van der Waals surface area contributed by atoms with E-state index in [-0.39, 0.29) is 27.1 Å². The number of benzene rings is 1. The van der Waals surface area contributed by atoms with E-state index in [1.54, 1.807) is 0 Å². The van der Waals surface area contributed by atoms with Gasteiger partial charge in [-0.15, -0.1) is 11.3 Å². The van der Waals surface area contributed by atoms with Crippen LogP contribution in [0.4, 0.5) is 18.9 Å². The fraction of sp³-hybridized carbons (Fsp3) is 0.435. The van der Waals surface area contributed by atoms with E-state index >= 15 is 13.2 Å². The summed E-state index contributed by atoms with van der Waals surface area (Å²) in [5, 5.41) is -4.70. The molecule has 2 unspecified atom stereocenters. The van der Waals surface area contributed by atoms with Crippen molar-refractivity contribution in [2.24, 2.45) is 0 Å². The second-order valence-electron chi connectivity index (χ2n) is 8.26. The molecular formula is C23H24ClF3N4O2S2. The van der Waals surface area contributed by atoms with Gasteiger partial charge >= 0.3 is 0 Å². The lowest BCUT2D eigenvalue weighted by atomic mass is 9.97. The Bertz CT molecular complexity index is 1720. The van der Waals surface area contributed by atoms with Gasteiger partial charge in [0.15, 0.2) is 5.82 Å². The maximum Gasteiger partial charge on any atom is 0.241 e. The van der Waals surface area contributed by atoms with E-state index in [0.717, 1.165) is 23.5 Å². The fourth-order valence-electron chi connectivity index (χ4n) is 3.03. The van der Waals surface area contributed by atoms with Crippen LogP contribution >= 0.6 is 22.9 Å². The van der Waals surface area contributed by atoms with E-state index in [2.05, 4.69) is 15.0 Å². The maximum absolute atomic E-state index is 16.1. The van der Waals surface area contributed by atoms with Crippen LogP contribution in [-0.2, 0) is 15.4 Å². The van der Waals surface area contributed by atoms with E-state index in [1.165, 1.54) is 23.1 Å². The average Bonchev–Trinajstić information content (AvgIpc) is 3.34. The summed E-state index contributed by atoms with van der Waals surface area (Å²) in [7, 11) is -6.30. The first-order valence-electron chi connectivity index (χ1n) is 14.4. The van der Waals surface area contributed by atoms with Crippen LogP contribution in [0.2, 0.25) is 5.28 Å². The van der Waals surface area contributed by atoms with Crippen LogP contribution in [0.5, 0.6) is 0 Å². The molecule has 0 bridgehead atoms. The zero-order valence-electron chi connectivity index (χ0n) is 27.4. The number of nitrogens with one attached hydrogen (secondary N) is 1. The van der Waals surface area contributed by atoms with Crippen molar-refractivity contribution in [1.82, 2.24) is 15.0 Å². The van der Waals surface area contributed by atoms with Gasteiger partial charge in [0.25, 0.3) is 0 Å². The van der Waals surface area contributed by atoms with Crippen LogP contribution in [0.3, 0.4) is 0 Å². The van der Waals surface area contributed by atoms with Crippen LogP contribution < -0.4 is 4.72 Å². The van der Waals surface area contributed by atoms with Crippen molar-refractivity contribution in [3.63, 3.8) is 0 Å². The molecule has 12 heteroatoms. The van der Waals surface area contributed by atoms with Gasteiger partial charge in [-0.1, -0.05) is 26.8 Å². The minimum Gasteiger partial charge on any atom is -0.280 e. The predicted molar refractivity (Wildman–Crippen MR) is 132 cm³/mol. The Morgan fingerprint density at radius 1 is 1.20 bits per heavy atom. The first-order valence-corrected chi connectivity index (χ1v) is 12.6. The molecule has 1 saturated carbocycles. The lowest BCUT2D eigenvalue weighted by molar-refractivity contribution is 0.163. The minimum absolute atomic E-state index is 0.0620. The van der Waals surface area contributed by atoms with Gasteiger partial charge in [-0.05, 0) is 48.9 Å². The normalized spacial score (nSPS) is 35.6. The number of alkyl halides is 2. The van der Waals surface area contributed by atoms with Gasteiger partial charge in [0.1, 0.15) is 17.5 Å². The highest BCUT2D eigenvalue weighted by Gasteiger charge is 2.43. The number of aromatic nitrogens is 3. The summed E-state index contributed by atoms with van der Waals surface area (Å²) in [5.74, 6) is -1.41. The molecule has 0 aliphatic heterocycles. The SMILES string of the molecule is [2H]C1([2H])C([2H])([2H])C([2H])(F)C([2H])(S(=O)(=O)Nc2cccc(-c3nc(C(C)(C)C)sc3-c3ccnc(Cl)n3)c2F)C([2H])(F)C1([2H])[2H]. The summed E-state index contributed by atoms with van der Waals surface area (Å²) in [5.41, 5.74) is -1.86. The molecule has 0 saturated heterocycles. The number of sulfonamides is 1. The number of thiazole rings is 1. The van der Waals surface area contributed by atoms with Gasteiger partial charge in [0.05, 0.1) is 31.1 Å². The van der Waals surface area contributed by atoms with Crippen LogP contribution in [0.15, 0.2) is 30.5 Å². The lowest BCUT2D eigenvalue weighted by Gasteiger charge is -2.29. The second-order valence-corrected chi connectivity index (χ2v) is 11.2. The summed E-state index contributed by atoms with van der Waals surface area (Å²) >= 11 is 7.04. The third-order valence-corrected chi connectivity index (χ3v) is 7.71. The first kappa shape index (κ1) is 16.5. The Labute approximate surface area is 223 Å². The molecule has 0 amide bonds. The Kier molecular flexibility index (Phi) is 4.55. The number of hydrogen-bond donors (Lipinski definition) is 1. The first-order chi connectivity index (χ1) is 19.7. The van der Waals surface area contributed by atoms with Crippen molar-refractivity contribution in [2.45, 2.75) is 62.8 Å². The van der Waals surface area contributed by atoms with Crippen LogP contribution in [0.1, 0.15) is 57.2 Å². The van der Waals surface area contributed by atoms with Crippen molar-refractivity contribution in [3.05, 3.63) is 46.6 Å². The van der Waals surface area contributed by atoms with E-state index in [9.17, 15) is 8.42 Å². The number of halogens is 4. The van der Waals surface area contributed by atoms with Gasteiger partial charge in [-0.2, -0.15) is 0 Å². The molecule has 3 aromatic rings. The molecule has 0 radical (unpaired) electrons. The monoisotopic (exact) mass is 553 g/mol. The highest BCUT2D eigenvalue weighted by atomic mass is 35.5. The maximum atomic E-state index is 16.1. The number of nitrogens with zero attached hydrogens (tertiary/aromatic N) is 3. The van der Waals surface area contributed by atoms with E-state index in [0.29, 0.717) is 5.01 Å². The third-order valence-electron chi connectivity index (χ3n) is 4.64. The van der Waals surface area contributed by atoms with E-state index in [4.69, 9.17) is 23.9 Å². The summed E-state index contributed by atoms with van der Waals surface area (Å²) in [6.07, 6.45) is -22.3. The Balaban J connectivity index is 1.91. The smallest absolute Gasteiger partial charge is 0.241 e. The van der Waals surface area contributed by atoms with Crippen LogP contribution in [0, 0.1) is 5.82 Å². The van der Waals surface area contributed by atoms with Crippen molar-refractivity contribution < 1.29 is 33.9 Å². The Hall–Kier alpha value is -2.24. The summed E-state index contributed by atoms with van der Waals surface area (Å²) < 4.78 is 146. The van der Waals surface area contributed by atoms with Crippen LogP contribution in [0.25, 0.3) is 21.8 Å². The van der Waals surface area contributed by atoms with Gasteiger partial charge in [0.2, 0.25) is 15.3 Å². The molecule has 2 aromatic heterocycles. The van der Waals surface area contributed by atoms with Crippen LogP contribution in [-0.4, -0.2) is 40.9 Å². The van der Waals surface area contributed by atoms with E-state index in [1.807, 2.05) is 20.8 Å². The molecule has 188 valence electrons. The average molecular weight is 554 g/mol. The zero-order valence-corrected chi connectivity index (χ0v) is 20.8. The van der Waals surface area contributed by atoms with Crippen molar-refractivity contribution in [3.8, 4) is 21.8 Å². The molecule has 1 fully saturated rings. The van der Waals surface area contributed by atoms with Gasteiger partial charge < -0.3 is 0 Å². The molecule has 1 N–H and O–H groups in total. The highest BCUT2D eigenvalue weighted by molar-refractivity contribution is 7.93. The standard InChI is InChI=1S/C23H24ClF3N4O2S2/c1-23(2,3)21-30-18(19(34-21)16-10-11-28-22(24)29-16)12-6-4-9-15(17(12)27)31-35(32,33)20-13(25)7-5-8-14(20)26/h4,6,9-11,13-14,20,31H,5,7-8H2,1-3H3/i5D2,7D2,8D2,13D,14D,20D. The molecule has 1 aromatic carbocycles. The number of anilines is 1. The van der Waals surface area contributed by atoms with Crippen molar-refractivity contribution in [1.29, 1.82) is 0 Å². The zero-order chi connectivity index (χ0) is 33.7. The topological polar surface area (TPSA) is 84.8 Å². The predicted octanol–water partition coefficient (Wildman–Crippen LogP) is 6.33. The van der Waals surface area contributed by atoms with Gasteiger partial charge in [0, 0.05) is 25.4 Å². The number of hydrogen-bond acceptors (Lipinski definition) is 6. The molecule has 35 heavy (non-hydrogen) atoms. The van der Waals surface area contributed by atoms with Crippen molar-refractivity contribution >= 4 is 38.6 Å². The summed E-state index contributed by atoms with van der Waals surface area (Å²) in [6.45, 7) is 5.46. The molecule has 2 heterocycles. The Morgan fingerprint density at radius 3 is 2.51 bits per heavy atom. The quantitative estimate of drug-likeness (QED) is 0.373. The molecule has 1 aliphatic carbocycles. The highest BCUT2D eigenvalue weighted by Crippen LogP contribution is 2.42. The Morgan fingerprint density at radius 2 is 1.89 bits per heavy atom. The summed E-state index contributed by atoms with van der Waals surface area (Å²) in [6, 6.07) is 4.50. The molecular weight excluding hydrogens is 521 g/mol. The van der Waals surface area contributed by atoms with Gasteiger partial charge in [-0.25, -0.2) is 36.5 Å². The second kappa shape index (κ2) is 9.67. The molecule has 2 atom stereocenters. The summed E-state index contributed by atoms with van der Waals surface area (Å²) in [4.78, 5) is 12.7. The largest absolute Gasteiger partial charge is 0.280 e. The fourth-order valence-corrected chi connectivity index (χ4v) is 5.41. The lowest BCUT2D eigenvalue weighted by Crippen LogP contribution is -2.45.